The molecule has 1 N–H and O–H groups in total. The van der Waals surface area contributed by atoms with E-state index in [1.165, 1.54) is 12.2 Å². The first-order valence-electron chi connectivity index (χ1n) is 5.00. The highest BCUT2D eigenvalue weighted by Crippen LogP contribution is 2.38. The summed E-state index contributed by atoms with van der Waals surface area (Å²) in [6.45, 7) is 0. The van der Waals surface area contributed by atoms with Crippen LogP contribution in [-0.2, 0) is 0 Å². The molecule has 0 bridgehead atoms. The van der Waals surface area contributed by atoms with Gasteiger partial charge in [0.25, 0.3) is 0 Å². The molecule has 0 amide bonds. The summed E-state index contributed by atoms with van der Waals surface area (Å²) in [7, 11) is 0. The van der Waals surface area contributed by atoms with Gasteiger partial charge in [-0.15, -0.1) is 5.10 Å². The van der Waals surface area contributed by atoms with Crippen LogP contribution in [0.25, 0.3) is 5.65 Å². The molecule has 1 aliphatic heterocycles. The smallest absolute Gasteiger partial charge is 0.164 e. The minimum atomic E-state index is 0.220. The van der Waals surface area contributed by atoms with Crippen molar-refractivity contribution in [1.29, 1.82) is 0 Å². The Kier molecular flexibility index (Phi) is 2.05. The van der Waals surface area contributed by atoms with Crippen molar-refractivity contribution in [2.24, 2.45) is 0 Å². The number of thioether (sulfide) groups is 1. The fourth-order valence-electron chi connectivity index (χ4n) is 1.81. The van der Waals surface area contributed by atoms with E-state index in [2.05, 4.69) is 10.1 Å². The summed E-state index contributed by atoms with van der Waals surface area (Å²) < 4.78 is 1.64. The predicted octanol–water partition coefficient (Wildman–Crippen LogP) is 2.00. The van der Waals surface area contributed by atoms with Gasteiger partial charge in [-0.1, -0.05) is 0 Å². The average Bonchev–Trinajstić information content (AvgIpc) is 2.84. The molecule has 0 saturated carbocycles. The van der Waals surface area contributed by atoms with E-state index in [0.717, 1.165) is 17.9 Å². The van der Waals surface area contributed by atoms with E-state index in [9.17, 15) is 5.11 Å². The Bertz CT molecular complexity index is 490. The van der Waals surface area contributed by atoms with E-state index in [-0.39, 0.29) is 5.75 Å². The second-order valence-corrected chi connectivity index (χ2v) is 4.97. The summed E-state index contributed by atoms with van der Waals surface area (Å²) in [4.78, 5) is 4.46. The Labute approximate surface area is 91.3 Å². The summed E-state index contributed by atoms with van der Waals surface area (Å²) in [5, 5.41) is 14.1. The highest BCUT2D eigenvalue weighted by Gasteiger charge is 2.21. The molecule has 3 rings (SSSR count). The molecule has 2 aromatic rings. The number of aromatic hydroxyl groups is 1. The van der Waals surface area contributed by atoms with E-state index in [1.807, 2.05) is 11.8 Å². The normalized spacial score (nSPS) is 21.2. The van der Waals surface area contributed by atoms with Crippen LogP contribution in [-0.4, -0.2) is 25.5 Å². The maximum Gasteiger partial charge on any atom is 0.164 e. The third-order valence-electron chi connectivity index (χ3n) is 2.55. The predicted molar refractivity (Wildman–Crippen MR) is 59.1 cm³/mol. The zero-order valence-electron chi connectivity index (χ0n) is 8.13. The second-order valence-electron chi connectivity index (χ2n) is 3.66. The summed E-state index contributed by atoms with van der Waals surface area (Å²) in [6, 6.07) is 3.42. The number of pyridine rings is 1. The molecule has 3 heterocycles. The third-order valence-corrected chi connectivity index (χ3v) is 3.92. The number of aromatic nitrogens is 3. The van der Waals surface area contributed by atoms with Gasteiger partial charge in [0.2, 0.25) is 0 Å². The van der Waals surface area contributed by atoms with Gasteiger partial charge in [0.15, 0.2) is 11.5 Å². The number of hydrogen-bond donors (Lipinski definition) is 1. The fourth-order valence-corrected chi connectivity index (χ4v) is 3.01. The van der Waals surface area contributed by atoms with Crippen LogP contribution in [0.4, 0.5) is 0 Å². The number of rotatable bonds is 1. The molecule has 0 aromatic carbocycles. The Hall–Kier alpha value is -1.23. The monoisotopic (exact) mass is 221 g/mol. The Morgan fingerprint density at radius 2 is 2.40 bits per heavy atom. The van der Waals surface area contributed by atoms with Crippen LogP contribution in [0, 0.1) is 0 Å². The van der Waals surface area contributed by atoms with Crippen LogP contribution < -0.4 is 0 Å². The van der Waals surface area contributed by atoms with E-state index in [1.54, 1.807) is 22.8 Å². The van der Waals surface area contributed by atoms with Gasteiger partial charge in [-0.25, -0.2) is 9.50 Å². The summed E-state index contributed by atoms with van der Waals surface area (Å²) in [5.74, 6) is 2.31. The van der Waals surface area contributed by atoms with Crippen molar-refractivity contribution >= 4 is 17.4 Å². The van der Waals surface area contributed by atoms with Crippen molar-refractivity contribution in [3.05, 3.63) is 24.2 Å². The first-order valence-corrected chi connectivity index (χ1v) is 6.05. The van der Waals surface area contributed by atoms with Crippen LogP contribution in [0.1, 0.15) is 23.9 Å². The van der Waals surface area contributed by atoms with Crippen molar-refractivity contribution in [1.82, 2.24) is 14.6 Å². The molecule has 0 radical (unpaired) electrons. The molecule has 5 heteroatoms. The molecule has 0 spiro atoms. The zero-order valence-corrected chi connectivity index (χ0v) is 8.94. The van der Waals surface area contributed by atoms with Gasteiger partial charge in [-0.05, 0) is 30.7 Å². The zero-order chi connectivity index (χ0) is 10.3. The van der Waals surface area contributed by atoms with E-state index in [0.29, 0.717) is 5.25 Å². The summed E-state index contributed by atoms with van der Waals surface area (Å²) in [5.41, 5.74) is 0.801. The standard InChI is InChI=1S/C10H11N3OS/c14-7-3-4-9-11-10(12-13(9)6-7)8-2-1-5-15-8/h3-4,6,8,14H,1-2,5H2. The van der Waals surface area contributed by atoms with Crippen LogP contribution >= 0.6 is 11.8 Å². The average molecular weight is 221 g/mol. The Morgan fingerprint density at radius 1 is 1.47 bits per heavy atom. The van der Waals surface area contributed by atoms with Crippen molar-refractivity contribution in [2.75, 3.05) is 5.75 Å². The van der Waals surface area contributed by atoms with E-state index < -0.39 is 0 Å². The first kappa shape index (κ1) is 9.03. The highest BCUT2D eigenvalue weighted by atomic mass is 32.2. The largest absolute Gasteiger partial charge is 0.506 e. The highest BCUT2D eigenvalue weighted by molar-refractivity contribution is 7.99. The fraction of sp³-hybridized carbons (Fsp3) is 0.400. The Balaban J connectivity index is 2.05. The quantitative estimate of drug-likeness (QED) is 0.800. The Morgan fingerprint density at radius 3 is 3.20 bits per heavy atom. The molecule has 1 saturated heterocycles. The van der Waals surface area contributed by atoms with Gasteiger partial charge < -0.3 is 5.11 Å². The van der Waals surface area contributed by atoms with E-state index >= 15 is 0 Å². The minimum absolute atomic E-state index is 0.220. The van der Waals surface area contributed by atoms with Crippen LogP contribution in [0.2, 0.25) is 0 Å². The lowest BCUT2D eigenvalue weighted by Crippen LogP contribution is -1.92. The van der Waals surface area contributed by atoms with Gasteiger partial charge in [0.1, 0.15) is 5.75 Å². The third kappa shape index (κ3) is 1.56. The van der Waals surface area contributed by atoms with Gasteiger partial charge in [-0.3, -0.25) is 0 Å². The van der Waals surface area contributed by atoms with Crippen LogP contribution in [0.3, 0.4) is 0 Å². The van der Waals surface area contributed by atoms with Gasteiger partial charge >= 0.3 is 0 Å². The molecular formula is C10H11N3OS. The number of hydrogen-bond acceptors (Lipinski definition) is 4. The van der Waals surface area contributed by atoms with Crippen molar-refractivity contribution < 1.29 is 5.11 Å². The second kappa shape index (κ2) is 3.41. The molecule has 0 aliphatic carbocycles. The minimum Gasteiger partial charge on any atom is -0.506 e. The first-order chi connectivity index (χ1) is 7.33. The molecule has 2 aromatic heterocycles. The number of nitrogens with zero attached hydrogens (tertiary/aromatic N) is 3. The lowest BCUT2D eigenvalue weighted by Gasteiger charge is -1.99. The van der Waals surface area contributed by atoms with Crippen molar-refractivity contribution in [3.63, 3.8) is 0 Å². The number of fused-ring (bicyclic) bond motifs is 1. The maximum atomic E-state index is 9.31. The van der Waals surface area contributed by atoms with Crippen molar-refractivity contribution in [3.8, 4) is 5.75 Å². The van der Waals surface area contributed by atoms with Gasteiger partial charge in [0.05, 0.1) is 11.4 Å². The molecule has 15 heavy (non-hydrogen) atoms. The SMILES string of the molecule is Oc1ccc2nc(C3CCCS3)nn2c1. The topological polar surface area (TPSA) is 50.4 Å². The lowest BCUT2D eigenvalue weighted by atomic mass is 10.2. The lowest BCUT2D eigenvalue weighted by molar-refractivity contribution is 0.470. The van der Waals surface area contributed by atoms with Crippen molar-refractivity contribution in [2.45, 2.75) is 18.1 Å². The molecular weight excluding hydrogens is 210 g/mol. The van der Waals surface area contributed by atoms with Gasteiger partial charge in [-0.2, -0.15) is 11.8 Å². The van der Waals surface area contributed by atoms with Crippen LogP contribution in [0.5, 0.6) is 5.75 Å². The van der Waals surface area contributed by atoms with Gasteiger partial charge in [0, 0.05) is 0 Å². The maximum absolute atomic E-state index is 9.31. The van der Waals surface area contributed by atoms with Crippen LogP contribution in [0.15, 0.2) is 18.3 Å². The molecule has 1 fully saturated rings. The summed E-state index contributed by atoms with van der Waals surface area (Å²) >= 11 is 1.91. The molecule has 78 valence electrons. The summed E-state index contributed by atoms with van der Waals surface area (Å²) in [6.07, 6.45) is 4.00. The molecule has 1 unspecified atom stereocenters. The molecule has 4 nitrogen and oxygen atoms in total. The molecule has 1 aliphatic rings. The van der Waals surface area contributed by atoms with E-state index in [4.69, 9.17) is 0 Å². The molecule has 1 atom stereocenters.